The van der Waals surface area contributed by atoms with Gasteiger partial charge in [-0.3, -0.25) is 0 Å². The van der Waals surface area contributed by atoms with E-state index in [1.807, 2.05) is 12.4 Å². The minimum Gasteiger partial charge on any atom is -0.341 e. The predicted octanol–water partition coefficient (Wildman–Crippen LogP) is 3.64. The third-order valence-electron chi connectivity index (χ3n) is 4.01. The van der Waals surface area contributed by atoms with Crippen molar-refractivity contribution in [2.45, 2.75) is 32.4 Å². The van der Waals surface area contributed by atoms with Crippen LogP contribution >= 0.6 is 0 Å². The van der Waals surface area contributed by atoms with Gasteiger partial charge in [-0.05, 0) is 30.4 Å². The van der Waals surface area contributed by atoms with E-state index in [4.69, 9.17) is 0 Å². The molecule has 3 nitrogen and oxygen atoms in total. The van der Waals surface area contributed by atoms with Gasteiger partial charge in [-0.1, -0.05) is 31.2 Å². The maximum Gasteiger partial charge on any atom is 0.225 e. The molecule has 1 saturated heterocycles. The molecule has 0 radical (unpaired) electrons. The van der Waals surface area contributed by atoms with Gasteiger partial charge in [0, 0.05) is 31.0 Å². The standard InChI is InChI=1S/C17H20FN3/c1-2-13-4-3-5-14(10-13)15-11-19-17(20-12-15)21-8-6-16(18)7-9-21/h3-5,10-12,16H,2,6-9H2,1H3. The van der Waals surface area contributed by atoms with Gasteiger partial charge in [0.15, 0.2) is 0 Å². The lowest BCUT2D eigenvalue weighted by Gasteiger charge is -2.28. The Labute approximate surface area is 124 Å². The van der Waals surface area contributed by atoms with E-state index >= 15 is 0 Å². The van der Waals surface area contributed by atoms with Crippen molar-refractivity contribution < 1.29 is 4.39 Å². The smallest absolute Gasteiger partial charge is 0.225 e. The summed E-state index contributed by atoms with van der Waals surface area (Å²) < 4.78 is 13.2. The number of piperidine rings is 1. The van der Waals surface area contributed by atoms with Crippen LogP contribution < -0.4 is 4.90 Å². The van der Waals surface area contributed by atoms with E-state index in [0.717, 1.165) is 17.5 Å². The van der Waals surface area contributed by atoms with Gasteiger partial charge < -0.3 is 4.90 Å². The molecule has 3 rings (SSSR count). The Kier molecular flexibility index (Phi) is 4.13. The first-order valence-corrected chi connectivity index (χ1v) is 7.56. The first-order chi connectivity index (χ1) is 10.3. The van der Waals surface area contributed by atoms with Crippen LogP contribution in [-0.4, -0.2) is 29.2 Å². The lowest BCUT2D eigenvalue weighted by atomic mass is 10.0. The van der Waals surface area contributed by atoms with Crippen molar-refractivity contribution in [1.29, 1.82) is 0 Å². The quantitative estimate of drug-likeness (QED) is 0.862. The van der Waals surface area contributed by atoms with Crippen LogP contribution in [0.3, 0.4) is 0 Å². The summed E-state index contributed by atoms with van der Waals surface area (Å²) in [6, 6.07) is 8.44. The molecule has 0 unspecified atom stereocenters. The number of rotatable bonds is 3. The van der Waals surface area contributed by atoms with Crippen molar-refractivity contribution in [3.8, 4) is 11.1 Å². The van der Waals surface area contributed by atoms with Gasteiger partial charge in [0.05, 0.1) is 0 Å². The van der Waals surface area contributed by atoms with Crippen LogP contribution in [0.1, 0.15) is 25.3 Å². The summed E-state index contributed by atoms with van der Waals surface area (Å²) >= 11 is 0. The fraction of sp³-hybridized carbons (Fsp3) is 0.412. The number of hydrogen-bond acceptors (Lipinski definition) is 3. The van der Waals surface area contributed by atoms with E-state index in [9.17, 15) is 4.39 Å². The number of nitrogens with zero attached hydrogens (tertiary/aromatic N) is 3. The number of anilines is 1. The third kappa shape index (κ3) is 3.20. The van der Waals surface area contributed by atoms with Crippen LogP contribution in [0, 0.1) is 0 Å². The average molecular weight is 285 g/mol. The van der Waals surface area contributed by atoms with Crippen molar-refractivity contribution in [3.05, 3.63) is 42.2 Å². The van der Waals surface area contributed by atoms with Crippen molar-refractivity contribution in [3.63, 3.8) is 0 Å². The number of benzene rings is 1. The Morgan fingerprint density at radius 2 is 1.86 bits per heavy atom. The SMILES string of the molecule is CCc1cccc(-c2cnc(N3CCC(F)CC3)nc2)c1. The number of hydrogen-bond donors (Lipinski definition) is 0. The molecule has 110 valence electrons. The molecule has 1 aliphatic rings. The van der Waals surface area contributed by atoms with Crippen molar-refractivity contribution in [2.75, 3.05) is 18.0 Å². The number of alkyl halides is 1. The zero-order valence-corrected chi connectivity index (χ0v) is 12.3. The van der Waals surface area contributed by atoms with Crippen LogP contribution in [0.4, 0.5) is 10.3 Å². The molecule has 1 aromatic carbocycles. The first kappa shape index (κ1) is 14.0. The molecule has 0 N–H and O–H groups in total. The maximum absolute atomic E-state index is 13.2. The molecule has 21 heavy (non-hydrogen) atoms. The second-order valence-electron chi connectivity index (χ2n) is 5.49. The summed E-state index contributed by atoms with van der Waals surface area (Å²) in [5, 5.41) is 0. The molecule has 1 aliphatic heterocycles. The van der Waals surface area contributed by atoms with Crippen LogP contribution in [0.2, 0.25) is 0 Å². The second kappa shape index (κ2) is 6.20. The molecule has 0 amide bonds. The molecule has 1 aromatic heterocycles. The van der Waals surface area contributed by atoms with Gasteiger partial charge in [-0.25, -0.2) is 14.4 Å². The monoisotopic (exact) mass is 285 g/mol. The van der Waals surface area contributed by atoms with E-state index in [0.29, 0.717) is 31.9 Å². The van der Waals surface area contributed by atoms with Crippen molar-refractivity contribution in [2.24, 2.45) is 0 Å². The summed E-state index contributed by atoms with van der Waals surface area (Å²) in [5.74, 6) is 0.706. The van der Waals surface area contributed by atoms with E-state index < -0.39 is 6.17 Å². The van der Waals surface area contributed by atoms with E-state index in [1.54, 1.807) is 0 Å². The van der Waals surface area contributed by atoms with Gasteiger partial charge in [-0.15, -0.1) is 0 Å². The summed E-state index contributed by atoms with van der Waals surface area (Å²) in [6.07, 6.45) is 5.22. The molecular formula is C17H20FN3. The number of aromatic nitrogens is 2. The largest absolute Gasteiger partial charge is 0.341 e. The average Bonchev–Trinajstić information content (AvgIpc) is 2.56. The van der Waals surface area contributed by atoms with E-state index in [1.165, 1.54) is 5.56 Å². The molecule has 1 fully saturated rings. The lowest BCUT2D eigenvalue weighted by Crippen LogP contribution is -2.35. The molecule has 0 aliphatic carbocycles. The Morgan fingerprint density at radius 1 is 1.14 bits per heavy atom. The van der Waals surface area contributed by atoms with Crippen LogP contribution in [0.15, 0.2) is 36.7 Å². The highest BCUT2D eigenvalue weighted by molar-refractivity contribution is 5.62. The third-order valence-corrected chi connectivity index (χ3v) is 4.01. The highest BCUT2D eigenvalue weighted by atomic mass is 19.1. The van der Waals surface area contributed by atoms with Crippen LogP contribution in [-0.2, 0) is 6.42 Å². The predicted molar refractivity (Wildman–Crippen MR) is 83.2 cm³/mol. The van der Waals surface area contributed by atoms with E-state index in [-0.39, 0.29) is 0 Å². The fourth-order valence-electron chi connectivity index (χ4n) is 2.65. The molecule has 0 saturated carbocycles. The van der Waals surface area contributed by atoms with Gasteiger partial charge in [0.1, 0.15) is 6.17 Å². The highest BCUT2D eigenvalue weighted by Gasteiger charge is 2.20. The lowest BCUT2D eigenvalue weighted by molar-refractivity contribution is 0.276. The van der Waals surface area contributed by atoms with Gasteiger partial charge >= 0.3 is 0 Å². The molecule has 0 spiro atoms. The maximum atomic E-state index is 13.2. The topological polar surface area (TPSA) is 29.0 Å². The van der Waals surface area contributed by atoms with Crippen molar-refractivity contribution in [1.82, 2.24) is 9.97 Å². The summed E-state index contributed by atoms with van der Waals surface area (Å²) in [7, 11) is 0. The Bertz CT molecular complexity index is 589. The fourth-order valence-corrected chi connectivity index (χ4v) is 2.65. The molecule has 2 aromatic rings. The highest BCUT2D eigenvalue weighted by Crippen LogP contribution is 2.22. The minimum absolute atomic E-state index is 0.573. The van der Waals surface area contributed by atoms with Gasteiger partial charge in [0.25, 0.3) is 0 Å². The van der Waals surface area contributed by atoms with Crippen LogP contribution in [0.5, 0.6) is 0 Å². The molecule has 4 heteroatoms. The summed E-state index contributed by atoms with van der Waals surface area (Å²) in [4.78, 5) is 11.0. The Hall–Kier alpha value is -1.97. The zero-order chi connectivity index (χ0) is 14.7. The van der Waals surface area contributed by atoms with Gasteiger partial charge in [-0.2, -0.15) is 0 Å². The first-order valence-electron chi connectivity index (χ1n) is 7.56. The van der Waals surface area contributed by atoms with E-state index in [2.05, 4.69) is 46.1 Å². The molecule has 2 heterocycles. The number of aryl methyl sites for hydroxylation is 1. The molecule has 0 atom stereocenters. The zero-order valence-electron chi connectivity index (χ0n) is 12.3. The molecular weight excluding hydrogens is 265 g/mol. The summed E-state index contributed by atoms with van der Waals surface area (Å²) in [6.45, 7) is 3.55. The molecule has 0 bridgehead atoms. The van der Waals surface area contributed by atoms with Crippen molar-refractivity contribution >= 4 is 5.95 Å². The van der Waals surface area contributed by atoms with Crippen LogP contribution in [0.25, 0.3) is 11.1 Å². The second-order valence-corrected chi connectivity index (χ2v) is 5.49. The normalized spacial score (nSPS) is 16.2. The Balaban J connectivity index is 1.77. The number of halogens is 1. The Morgan fingerprint density at radius 3 is 2.52 bits per heavy atom. The minimum atomic E-state index is -0.669. The van der Waals surface area contributed by atoms with Gasteiger partial charge in [0.2, 0.25) is 5.95 Å². The summed E-state index contributed by atoms with van der Waals surface area (Å²) in [5.41, 5.74) is 3.47.